The molecule has 1 aromatic rings. The first-order valence-corrected chi connectivity index (χ1v) is 9.16. The van der Waals surface area contributed by atoms with Crippen LogP contribution in [0.2, 0.25) is 5.02 Å². The van der Waals surface area contributed by atoms with Crippen molar-refractivity contribution in [2.75, 3.05) is 13.2 Å². The van der Waals surface area contributed by atoms with Gasteiger partial charge in [-0.25, -0.2) is 9.59 Å². The van der Waals surface area contributed by atoms with Gasteiger partial charge in [0.05, 0.1) is 6.61 Å². The van der Waals surface area contributed by atoms with E-state index in [1.807, 2.05) is 0 Å². The normalized spacial score (nSPS) is 12.0. The molecule has 0 bridgehead atoms. The number of halogens is 1. The first kappa shape index (κ1) is 22.8. The Bertz CT molecular complexity index is 640. The van der Waals surface area contributed by atoms with Crippen molar-refractivity contribution in [3.05, 3.63) is 34.9 Å². The van der Waals surface area contributed by atoms with Gasteiger partial charge in [0.15, 0.2) is 0 Å². The fourth-order valence-corrected chi connectivity index (χ4v) is 2.28. The van der Waals surface area contributed by atoms with E-state index in [1.165, 1.54) is 0 Å². The Labute approximate surface area is 164 Å². The van der Waals surface area contributed by atoms with Gasteiger partial charge in [-0.05, 0) is 45.4 Å². The number of alkyl carbamates (subject to hydrolysis) is 1. The number of carbonyl (C=O) groups excluding carboxylic acids is 3. The van der Waals surface area contributed by atoms with Gasteiger partial charge in [0, 0.05) is 24.4 Å². The van der Waals surface area contributed by atoms with E-state index in [-0.39, 0.29) is 31.9 Å². The lowest BCUT2D eigenvalue weighted by atomic mass is 10.1. The minimum Gasteiger partial charge on any atom is -0.464 e. The van der Waals surface area contributed by atoms with Crippen molar-refractivity contribution in [2.24, 2.45) is 0 Å². The molecular weight excluding hydrogens is 372 g/mol. The molecule has 8 heteroatoms. The third kappa shape index (κ3) is 9.84. The van der Waals surface area contributed by atoms with Crippen LogP contribution in [0.5, 0.6) is 0 Å². The molecule has 0 heterocycles. The molecule has 0 aliphatic carbocycles. The zero-order chi connectivity index (χ0) is 20.4. The highest BCUT2D eigenvalue weighted by molar-refractivity contribution is 6.30. The Morgan fingerprint density at radius 1 is 1.15 bits per heavy atom. The van der Waals surface area contributed by atoms with Gasteiger partial charge in [-0.1, -0.05) is 23.7 Å². The molecular formula is C19H27ClN2O5. The van der Waals surface area contributed by atoms with Crippen LogP contribution in [0.1, 0.15) is 39.7 Å². The van der Waals surface area contributed by atoms with E-state index in [1.54, 1.807) is 52.0 Å². The number of benzene rings is 1. The topological polar surface area (TPSA) is 93.7 Å². The van der Waals surface area contributed by atoms with Crippen molar-refractivity contribution >= 4 is 29.6 Å². The maximum absolute atomic E-state index is 12.1. The first-order valence-electron chi connectivity index (χ1n) is 8.78. The fourth-order valence-electron chi connectivity index (χ4n) is 2.15. The number of nitrogens with one attached hydrogen (secondary N) is 2. The van der Waals surface area contributed by atoms with Crippen LogP contribution < -0.4 is 10.6 Å². The third-order valence-corrected chi connectivity index (χ3v) is 3.53. The average Bonchev–Trinajstić information content (AvgIpc) is 2.54. The van der Waals surface area contributed by atoms with E-state index < -0.39 is 23.7 Å². The molecule has 1 unspecified atom stereocenters. The highest BCUT2D eigenvalue weighted by Crippen LogP contribution is 2.12. The Morgan fingerprint density at radius 2 is 1.78 bits per heavy atom. The van der Waals surface area contributed by atoms with Crippen LogP contribution in [0.3, 0.4) is 0 Å². The lowest BCUT2D eigenvalue weighted by molar-refractivity contribution is -0.147. The third-order valence-electron chi connectivity index (χ3n) is 3.28. The molecule has 1 atom stereocenters. The molecule has 2 amide bonds. The molecule has 0 spiro atoms. The quantitative estimate of drug-likeness (QED) is 0.657. The van der Waals surface area contributed by atoms with Gasteiger partial charge in [-0.15, -0.1) is 0 Å². The summed E-state index contributed by atoms with van der Waals surface area (Å²) >= 11 is 5.86. The van der Waals surface area contributed by atoms with Gasteiger partial charge < -0.3 is 20.1 Å². The number of carbonyl (C=O) groups is 3. The summed E-state index contributed by atoms with van der Waals surface area (Å²) in [5.74, 6) is -0.890. The van der Waals surface area contributed by atoms with Crippen LogP contribution in [0.4, 0.5) is 4.79 Å². The van der Waals surface area contributed by atoms with Gasteiger partial charge in [0.25, 0.3) is 0 Å². The second-order valence-electron chi connectivity index (χ2n) is 6.88. The van der Waals surface area contributed by atoms with Crippen molar-refractivity contribution in [1.29, 1.82) is 0 Å². The monoisotopic (exact) mass is 398 g/mol. The predicted molar refractivity (Wildman–Crippen MR) is 103 cm³/mol. The zero-order valence-electron chi connectivity index (χ0n) is 16.1. The molecule has 0 aromatic heterocycles. The minimum absolute atomic E-state index is 0.00969. The molecule has 2 N–H and O–H groups in total. The molecule has 0 fully saturated rings. The number of esters is 1. The summed E-state index contributed by atoms with van der Waals surface area (Å²) in [6, 6.07) is 6.17. The second kappa shape index (κ2) is 10.8. The van der Waals surface area contributed by atoms with E-state index in [0.717, 1.165) is 5.56 Å². The van der Waals surface area contributed by atoms with Crippen LogP contribution in [-0.2, 0) is 25.5 Å². The lowest BCUT2D eigenvalue weighted by Gasteiger charge is -2.20. The van der Waals surface area contributed by atoms with E-state index in [9.17, 15) is 14.4 Å². The first-order chi connectivity index (χ1) is 12.6. The molecule has 150 valence electrons. The SMILES string of the molecule is CCOC(=O)C(Cc1ccc(Cl)cc1)NC(=O)CCNC(=O)OC(C)(C)C. The Balaban J connectivity index is 2.56. The summed E-state index contributed by atoms with van der Waals surface area (Å²) in [7, 11) is 0. The summed E-state index contributed by atoms with van der Waals surface area (Å²) in [5, 5.41) is 5.74. The highest BCUT2D eigenvalue weighted by Gasteiger charge is 2.23. The van der Waals surface area contributed by atoms with Crippen LogP contribution >= 0.6 is 11.6 Å². The van der Waals surface area contributed by atoms with E-state index in [0.29, 0.717) is 5.02 Å². The molecule has 0 aliphatic rings. The number of ether oxygens (including phenoxy) is 2. The molecule has 0 aliphatic heterocycles. The van der Waals surface area contributed by atoms with Crippen LogP contribution in [0.15, 0.2) is 24.3 Å². The Morgan fingerprint density at radius 3 is 2.33 bits per heavy atom. The lowest BCUT2D eigenvalue weighted by Crippen LogP contribution is -2.44. The Hall–Kier alpha value is -2.28. The van der Waals surface area contributed by atoms with Crippen molar-refractivity contribution in [3.8, 4) is 0 Å². The maximum Gasteiger partial charge on any atom is 0.407 e. The average molecular weight is 399 g/mol. The molecule has 27 heavy (non-hydrogen) atoms. The van der Waals surface area contributed by atoms with Gasteiger partial charge in [-0.3, -0.25) is 4.79 Å². The second-order valence-corrected chi connectivity index (χ2v) is 7.32. The smallest absolute Gasteiger partial charge is 0.407 e. The maximum atomic E-state index is 12.1. The standard InChI is InChI=1S/C19H27ClN2O5/c1-5-26-17(24)15(12-13-6-8-14(20)9-7-13)22-16(23)10-11-21-18(25)27-19(2,3)4/h6-9,15H,5,10-12H2,1-4H3,(H,21,25)(H,22,23). The van der Waals surface area contributed by atoms with Gasteiger partial charge >= 0.3 is 12.1 Å². The Kier molecular flexibility index (Phi) is 9.08. The molecule has 7 nitrogen and oxygen atoms in total. The summed E-state index contributed by atoms with van der Waals surface area (Å²) in [5.41, 5.74) is 0.226. The highest BCUT2D eigenvalue weighted by atomic mass is 35.5. The molecule has 0 radical (unpaired) electrons. The summed E-state index contributed by atoms with van der Waals surface area (Å²) in [6.07, 6.45) is -0.310. The van der Waals surface area contributed by atoms with Gasteiger partial charge in [0.2, 0.25) is 5.91 Å². The molecule has 1 rings (SSSR count). The van der Waals surface area contributed by atoms with Crippen LogP contribution in [0, 0.1) is 0 Å². The number of amides is 2. The summed E-state index contributed by atoms with van der Waals surface area (Å²) < 4.78 is 10.1. The summed E-state index contributed by atoms with van der Waals surface area (Å²) in [4.78, 5) is 35.9. The largest absolute Gasteiger partial charge is 0.464 e. The van der Waals surface area contributed by atoms with Crippen molar-refractivity contribution in [3.63, 3.8) is 0 Å². The van der Waals surface area contributed by atoms with E-state index in [4.69, 9.17) is 21.1 Å². The van der Waals surface area contributed by atoms with Gasteiger partial charge in [-0.2, -0.15) is 0 Å². The fraction of sp³-hybridized carbons (Fsp3) is 0.526. The van der Waals surface area contributed by atoms with Crippen molar-refractivity contribution < 1.29 is 23.9 Å². The van der Waals surface area contributed by atoms with Crippen molar-refractivity contribution in [2.45, 2.75) is 52.2 Å². The molecule has 0 saturated heterocycles. The number of rotatable bonds is 8. The van der Waals surface area contributed by atoms with Crippen LogP contribution in [-0.4, -0.2) is 42.8 Å². The van der Waals surface area contributed by atoms with Crippen molar-refractivity contribution in [1.82, 2.24) is 10.6 Å². The number of hydrogen-bond acceptors (Lipinski definition) is 5. The molecule has 1 aromatic carbocycles. The predicted octanol–water partition coefficient (Wildman–Crippen LogP) is 2.85. The minimum atomic E-state index is -0.819. The summed E-state index contributed by atoms with van der Waals surface area (Å²) in [6.45, 7) is 7.26. The zero-order valence-corrected chi connectivity index (χ0v) is 16.9. The van der Waals surface area contributed by atoms with Crippen LogP contribution in [0.25, 0.3) is 0 Å². The number of hydrogen-bond donors (Lipinski definition) is 2. The van der Waals surface area contributed by atoms with E-state index >= 15 is 0 Å². The van der Waals surface area contributed by atoms with Gasteiger partial charge in [0.1, 0.15) is 11.6 Å². The molecule has 0 saturated carbocycles. The van der Waals surface area contributed by atoms with E-state index in [2.05, 4.69) is 10.6 Å².